The Morgan fingerprint density at radius 2 is 1.60 bits per heavy atom. The van der Waals surface area contributed by atoms with E-state index in [1.807, 2.05) is 12.2 Å². The van der Waals surface area contributed by atoms with Crippen LogP contribution < -0.4 is 4.90 Å². The Kier molecular flexibility index (Phi) is 14.3. The molecule has 0 fully saturated rings. The number of allylic oxidation sites excluding steroid dienone is 24. The van der Waals surface area contributed by atoms with E-state index in [2.05, 4.69) is 218 Å². The zero-order valence-electron chi connectivity index (χ0n) is 48.6. The van der Waals surface area contributed by atoms with E-state index in [0.717, 1.165) is 89.0 Å². The molecule has 10 aliphatic carbocycles. The average molecular weight is 1120 g/mol. The van der Waals surface area contributed by atoms with Crippen molar-refractivity contribution >= 4 is 29.1 Å². The van der Waals surface area contributed by atoms with Crippen molar-refractivity contribution in [3.05, 3.63) is 291 Å². The highest BCUT2D eigenvalue weighted by Crippen LogP contribution is 2.64. The van der Waals surface area contributed by atoms with Gasteiger partial charge in [-0.25, -0.2) is 8.78 Å². The molecule has 424 valence electrons. The molecule has 0 spiro atoms. The number of alkyl halides is 1. The standard InChI is InChI=1S/C80H79F2NS/c1-3-52-23-31-59(32-24-52)79(57-15-7-5-8-16-57)73-21-13-11-19-66(73)68-44-30-56(49-75(68)79)72(55-28-35-61(81)36-29-55)47-54-27-43-70-71-46-42-65(51-78(71)84-77(70)48-54)83(63-39-37-62(82)38-40-63)64-41-45-69-67-20-12-14-22-74(67)80(76(69)50-64,58-17-9-6-10-18-58)60-33-25-53(4-2)26-34-60/h3-9,11,13-17,19,21-25,27-28,31-33,35-36,39,41-43,45-46,49-50,53-55,60,62,65,68,71-72,75,78H,1-2,10,12,18,20,26,29-30,34,37-38,40,44,47-48,51H2. The van der Waals surface area contributed by atoms with Gasteiger partial charge in [0.05, 0.1) is 11.5 Å². The van der Waals surface area contributed by atoms with Crippen LogP contribution in [0.1, 0.15) is 141 Å². The minimum Gasteiger partial charge on any atom is -0.338 e. The highest BCUT2D eigenvalue weighted by molar-refractivity contribution is 8.04. The van der Waals surface area contributed by atoms with E-state index < -0.39 is 6.17 Å². The average Bonchev–Trinajstić information content (AvgIpc) is 2.45. The lowest BCUT2D eigenvalue weighted by Crippen LogP contribution is -2.41. The fraction of sp³-hybridized carbons (Fsp3) is 0.350. The van der Waals surface area contributed by atoms with Gasteiger partial charge in [0.25, 0.3) is 0 Å². The largest absolute Gasteiger partial charge is 0.338 e. The van der Waals surface area contributed by atoms with E-state index in [1.54, 1.807) is 22.1 Å². The lowest BCUT2D eigenvalue weighted by atomic mass is 9.58. The van der Waals surface area contributed by atoms with E-state index in [9.17, 15) is 4.39 Å². The van der Waals surface area contributed by atoms with Crippen LogP contribution in [0.15, 0.2) is 252 Å². The monoisotopic (exact) mass is 1120 g/mol. The van der Waals surface area contributed by atoms with Gasteiger partial charge < -0.3 is 4.90 Å². The van der Waals surface area contributed by atoms with Crippen LogP contribution in [-0.4, -0.2) is 17.5 Å². The SMILES string of the molecule is C=Cc1ccc(C2(c3ccccc3)c3ccccc3C3CCC(C(CC4C=CC5=C(C4)SC4CC(N(C6=CCC(F)CC6)c6ccc7c(c6)C(C6=CC=CCC6)(C6C=CC(C=C)CC6)C6=C7CCC=C6)C=CC54)C4C=CC(F)=CC4)=CC32)cc1. The number of benzene rings is 4. The highest BCUT2D eigenvalue weighted by Gasteiger charge is 2.55. The van der Waals surface area contributed by atoms with Gasteiger partial charge in [0, 0.05) is 33.9 Å². The molecule has 84 heavy (non-hydrogen) atoms. The lowest BCUT2D eigenvalue weighted by molar-refractivity contribution is 0.305. The van der Waals surface area contributed by atoms with Crippen LogP contribution in [0.2, 0.25) is 0 Å². The fourth-order valence-corrected chi connectivity index (χ4v) is 19.9. The smallest absolute Gasteiger partial charge is 0.118 e. The summed E-state index contributed by atoms with van der Waals surface area (Å²) in [6.45, 7) is 8.31. The van der Waals surface area contributed by atoms with Crippen molar-refractivity contribution in [2.75, 3.05) is 4.90 Å². The second-order valence-electron chi connectivity index (χ2n) is 26.2. The minimum atomic E-state index is -0.789. The van der Waals surface area contributed by atoms with Gasteiger partial charge in [-0.2, -0.15) is 0 Å². The molecule has 15 rings (SSSR count). The van der Waals surface area contributed by atoms with Gasteiger partial charge in [-0.1, -0.05) is 200 Å². The van der Waals surface area contributed by atoms with Crippen molar-refractivity contribution in [1.82, 2.24) is 0 Å². The number of nitrogens with zero attached hydrogens (tertiary/aromatic N) is 1. The molecule has 13 unspecified atom stereocenters. The van der Waals surface area contributed by atoms with E-state index >= 15 is 4.39 Å². The van der Waals surface area contributed by atoms with Gasteiger partial charge in [0.1, 0.15) is 12.0 Å². The molecule has 4 aromatic rings. The fourth-order valence-electron chi connectivity index (χ4n) is 18.2. The van der Waals surface area contributed by atoms with E-state index in [4.69, 9.17) is 0 Å². The molecule has 1 nitrogen and oxygen atoms in total. The highest BCUT2D eigenvalue weighted by atomic mass is 32.2. The third kappa shape index (κ3) is 8.95. The molecule has 0 N–H and O–H groups in total. The molecule has 0 radical (unpaired) electrons. The quantitative estimate of drug-likeness (QED) is 0.123. The van der Waals surface area contributed by atoms with E-state index in [1.165, 1.54) is 61.5 Å². The van der Waals surface area contributed by atoms with Crippen LogP contribution in [0.5, 0.6) is 0 Å². The zero-order chi connectivity index (χ0) is 56.5. The molecular weight excluding hydrogens is 1040 g/mol. The molecule has 0 saturated heterocycles. The second kappa shape index (κ2) is 22.3. The zero-order valence-corrected chi connectivity index (χ0v) is 49.4. The molecule has 0 aromatic heterocycles. The first-order valence-electron chi connectivity index (χ1n) is 32.1. The van der Waals surface area contributed by atoms with E-state index in [-0.39, 0.29) is 40.5 Å². The summed E-state index contributed by atoms with van der Waals surface area (Å²) in [5, 5.41) is 0.421. The van der Waals surface area contributed by atoms with Gasteiger partial charge in [0.15, 0.2) is 0 Å². The molecule has 4 heteroatoms. The van der Waals surface area contributed by atoms with Crippen molar-refractivity contribution in [3.8, 4) is 0 Å². The second-order valence-corrected chi connectivity index (χ2v) is 27.5. The van der Waals surface area contributed by atoms with Gasteiger partial charge in [0.2, 0.25) is 0 Å². The topological polar surface area (TPSA) is 3.24 Å². The van der Waals surface area contributed by atoms with Gasteiger partial charge in [-0.15, -0.1) is 18.3 Å². The van der Waals surface area contributed by atoms with Crippen molar-refractivity contribution in [2.24, 2.45) is 41.4 Å². The third-order valence-corrected chi connectivity index (χ3v) is 23.6. The first-order chi connectivity index (χ1) is 41.3. The minimum absolute atomic E-state index is 0.111. The summed E-state index contributed by atoms with van der Waals surface area (Å²) >= 11 is 2.15. The van der Waals surface area contributed by atoms with Crippen LogP contribution in [0.4, 0.5) is 14.5 Å². The molecule has 13 atom stereocenters. The van der Waals surface area contributed by atoms with Crippen LogP contribution in [0.25, 0.3) is 11.6 Å². The van der Waals surface area contributed by atoms with Gasteiger partial charge in [-0.3, -0.25) is 0 Å². The lowest BCUT2D eigenvalue weighted by Gasteiger charge is -2.45. The number of rotatable bonds is 13. The molecule has 11 aliphatic rings. The molecular formula is C80H79F2NS. The first-order valence-corrected chi connectivity index (χ1v) is 32.9. The van der Waals surface area contributed by atoms with Crippen LogP contribution in [-0.2, 0) is 10.8 Å². The Labute approximate surface area is 503 Å². The molecule has 1 aliphatic heterocycles. The Balaban J connectivity index is 0.734. The Morgan fingerprint density at radius 1 is 0.738 bits per heavy atom. The summed E-state index contributed by atoms with van der Waals surface area (Å²) in [5.74, 6) is 2.55. The summed E-state index contributed by atoms with van der Waals surface area (Å²) in [6, 6.07) is 37.5. The first kappa shape index (κ1) is 53.9. The molecule has 4 aromatic carbocycles. The Bertz CT molecular complexity index is 3680. The van der Waals surface area contributed by atoms with Gasteiger partial charge in [-0.05, 0) is 217 Å². The molecule has 0 saturated carbocycles. The van der Waals surface area contributed by atoms with Crippen molar-refractivity contribution < 1.29 is 8.78 Å². The maximum Gasteiger partial charge on any atom is 0.118 e. The number of hydrogen-bond donors (Lipinski definition) is 0. The number of hydrogen-bond acceptors (Lipinski definition) is 2. The van der Waals surface area contributed by atoms with Crippen LogP contribution in [0.3, 0.4) is 0 Å². The maximum atomic E-state index is 15.2. The van der Waals surface area contributed by atoms with Crippen molar-refractivity contribution in [1.29, 1.82) is 0 Å². The Hall–Kier alpha value is -6.75. The van der Waals surface area contributed by atoms with Crippen molar-refractivity contribution in [2.45, 2.75) is 131 Å². The predicted molar refractivity (Wildman–Crippen MR) is 349 cm³/mol. The summed E-state index contributed by atoms with van der Waals surface area (Å²) in [5.41, 5.74) is 19.2. The number of thioether (sulfide) groups is 1. The normalized spacial score (nSPS) is 32.7. The third-order valence-electron chi connectivity index (χ3n) is 22.1. The molecule has 0 amide bonds. The van der Waals surface area contributed by atoms with Gasteiger partial charge >= 0.3 is 0 Å². The summed E-state index contributed by atoms with van der Waals surface area (Å²) < 4.78 is 30.2. The summed E-state index contributed by atoms with van der Waals surface area (Å²) in [6.07, 6.45) is 55.6. The van der Waals surface area contributed by atoms with E-state index in [0.29, 0.717) is 47.7 Å². The number of halogens is 2. The molecule has 0 bridgehead atoms. The molecule has 1 heterocycles. The van der Waals surface area contributed by atoms with Crippen LogP contribution in [0, 0.1) is 41.4 Å². The summed E-state index contributed by atoms with van der Waals surface area (Å²) in [4.78, 5) is 4.23. The maximum absolute atomic E-state index is 15.2. The predicted octanol–water partition coefficient (Wildman–Crippen LogP) is 20.7. The van der Waals surface area contributed by atoms with Crippen molar-refractivity contribution in [3.63, 3.8) is 0 Å². The number of anilines is 1. The summed E-state index contributed by atoms with van der Waals surface area (Å²) in [7, 11) is 0. The number of fused-ring (bicyclic) bond motifs is 7. The van der Waals surface area contributed by atoms with Crippen LogP contribution >= 0.6 is 11.8 Å². The Morgan fingerprint density at radius 3 is 2.38 bits per heavy atom.